The van der Waals surface area contributed by atoms with E-state index in [4.69, 9.17) is 4.74 Å². The van der Waals surface area contributed by atoms with Crippen molar-refractivity contribution in [2.75, 3.05) is 17.3 Å². The lowest BCUT2D eigenvalue weighted by Gasteiger charge is -2.25. The van der Waals surface area contributed by atoms with Crippen LogP contribution in [0.5, 0.6) is 5.75 Å². The van der Waals surface area contributed by atoms with Crippen molar-refractivity contribution in [1.29, 1.82) is 0 Å². The first kappa shape index (κ1) is 23.5. The van der Waals surface area contributed by atoms with E-state index in [1.165, 1.54) is 0 Å². The van der Waals surface area contributed by atoms with Crippen LogP contribution in [-0.4, -0.2) is 46.3 Å². The molecule has 2 amide bonds. The molecule has 2 aliphatic heterocycles. The first-order valence-corrected chi connectivity index (χ1v) is 13.6. The van der Waals surface area contributed by atoms with E-state index in [1.54, 1.807) is 30.1 Å². The number of ether oxygens (including phenoxy) is 1. The smallest absolute Gasteiger partial charge is 0.271 e. The fourth-order valence-corrected chi connectivity index (χ4v) is 5.57. The summed E-state index contributed by atoms with van der Waals surface area (Å²) in [6.45, 7) is 0.570. The number of amides is 2. The molecule has 2 heterocycles. The lowest BCUT2D eigenvalue weighted by Crippen LogP contribution is -2.30. The van der Waals surface area contributed by atoms with Gasteiger partial charge in [0.25, 0.3) is 5.91 Å². The molecule has 0 aromatic heterocycles. The van der Waals surface area contributed by atoms with E-state index >= 15 is 0 Å². The predicted molar refractivity (Wildman–Crippen MR) is 142 cm³/mol. The van der Waals surface area contributed by atoms with Crippen LogP contribution < -0.4 is 10.2 Å². The Morgan fingerprint density at radius 2 is 1.77 bits per heavy atom. The summed E-state index contributed by atoms with van der Waals surface area (Å²) in [6.07, 6.45) is 1.92. The van der Waals surface area contributed by atoms with Crippen molar-refractivity contribution in [2.24, 2.45) is 5.10 Å². The van der Waals surface area contributed by atoms with Gasteiger partial charge in [-0.05, 0) is 53.1 Å². The van der Waals surface area contributed by atoms with Crippen LogP contribution in [0.3, 0.4) is 0 Å². The van der Waals surface area contributed by atoms with E-state index in [0.717, 1.165) is 33.9 Å². The van der Waals surface area contributed by atoms with Crippen LogP contribution in [0, 0.1) is 0 Å². The highest BCUT2D eigenvalue weighted by atomic mass is 32.2. The van der Waals surface area contributed by atoms with Crippen LogP contribution >= 0.6 is 23.5 Å². The van der Waals surface area contributed by atoms with Gasteiger partial charge in [-0.2, -0.15) is 16.9 Å². The van der Waals surface area contributed by atoms with Gasteiger partial charge < -0.3 is 9.64 Å². The summed E-state index contributed by atoms with van der Waals surface area (Å²) >= 11 is 3.49. The topological polar surface area (TPSA) is 71.0 Å². The number of rotatable bonds is 8. The fourth-order valence-electron chi connectivity index (χ4n) is 3.82. The normalized spacial score (nSPS) is 18.0. The molecule has 35 heavy (non-hydrogen) atoms. The third-order valence-corrected chi connectivity index (χ3v) is 8.26. The van der Waals surface area contributed by atoms with Gasteiger partial charge in [-0.15, -0.1) is 11.8 Å². The second-order valence-electron chi connectivity index (χ2n) is 8.34. The van der Waals surface area contributed by atoms with Gasteiger partial charge in [-0.3, -0.25) is 9.59 Å². The highest BCUT2D eigenvalue weighted by molar-refractivity contribution is 8.00. The number of hydrazone groups is 1. The van der Waals surface area contributed by atoms with Gasteiger partial charge in [0.1, 0.15) is 17.2 Å². The number of hydrogen-bond donors (Lipinski definition) is 1. The molecule has 8 heteroatoms. The van der Waals surface area contributed by atoms with Crippen LogP contribution in [0.15, 0.2) is 84.0 Å². The highest BCUT2D eigenvalue weighted by Crippen LogP contribution is 2.39. The Morgan fingerprint density at radius 3 is 2.46 bits per heavy atom. The van der Waals surface area contributed by atoms with E-state index in [9.17, 15) is 9.59 Å². The Morgan fingerprint density at radius 1 is 1.03 bits per heavy atom. The molecule has 2 saturated heterocycles. The number of nitrogens with zero attached hydrogens (tertiary/aromatic N) is 2. The summed E-state index contributed by atoms with van der Waals surface area (Å²) in [4.78, 5) is 26.9. The van der Waals surface area contributed by atoms with Gasteiger partial charge in [0.15, 0.2) is 0 Å². The zero-order valence-corrected chi connectivity index (χ0v) is 20.6. The van der Waals surface area contributed by atoms with E-state index in [2.05, 4.69) is 10.5 Å². The SMILES string of the molecule is O=C(N/N=C\c1ccc(OC2CSC2)cc1)c1ccc([C@@H]2SCC(=O)N2Cc2ccccc2)cc1. The predicted octanol–water partition coefficient (Wildman–Crippen LogP) is 4.72. The molecule has 0 aliphatic carbocycles. The lowest BCUT2D eigenvalue weighted by molar-refractivity contribution is -0.128. The summed E-state index contributed by atoms with van der Waals surface area (Å²) in [5.41, 5.74) is 6.06. The Kier molecular flexibility index (Phi) is 7.39. The van der Waals surface area contributed by atoms with Gasteiger partial charge in [-0.25, -0.2) is 5.43 Å². The molecule has 6 nitrogen and oxygen atoms in total. The molecule has 3 aromatic rings. The van der Waals surface area contributed by atoms with E-state index in [0.29, 0.717) is 24.0 Å². The van der Waals surface area contributed by atoms with Crippen LogP contribution in [0.25, 0.3) is 0 Å². The summed E-state index contributed by atoms with van der Waals surface area (Å²) in [5.74, 6) is 3.23. The van der Waals surface area contributed by atoms with Crippen molar-refractivity contribution in [1.82, 2.24) is 10.3 Å². The molecule has 178 valence electrons. The summed E-state index contributed by atoms with van der Waals surface area (Å²) in [6, 6.07) is 25.0. The summed E-state index contributed by atoms with van der Waals surface area (Å²) in [5, 5.41) is 4.02. The molecule has 3 aromatic carbocycles. The summed E-state index contributed by atoms with van der Waals surface area (Å²) < 4.78 is 5.84. The zero-order valence-electron chi connectivity index (χ0n) is 19.0. The fraction of sp³-hybridized carbons (Fsp3) is 0.222. The van der Waals surface area contributed by atoms with Crippen LogP contribution in [0.2, 0.25) is 0 Å². The Hall–Kier alpha value is -3.23. The molecule has 0 unspecified atom stereocenters. The van der Waals surface area contributed by atoms with Crippen molar-refractivity contribution in [2.45, 2.75) is 18.0 Å². The largest absolute Gasteiger partial charge is 0.489 e. The minimum atomic E-state index is -0.286. The van der Waals surface area contributed by atoms with Crippen molar-refractivity contribution in [3.63, 3.8) is 0 Å². The Bertz CT molecular complexity index is 1200. The highest BCUT2D eigenvalue weighted by Gasteiger charge is 2.32. The first-order valence-electron chi connectivity index (χ1n) is 11.4. The average molecular weight is 504 g/mol. The van der Waals surface area contributed by atoms with Gasteiger partial charge in [0.2, 0.25) is 5.91 Å². The second kappa shape index (κ2) is 11.0. The van der Waals surface area contributed by atoms with Crippen molar-refractivity contribution >= 4 is 41.6 Å². The lowest BCUT2D eigenvalue weighted by atomic mass is 10.1. The quantitative estimate of drug-likeness (QED) is 0.356. The summed E-state index contributed by atoms with van der Waals surface area (Å²) in [7, 11) is 0. The molecule has 1 N–H and O–H groups in total. The van der Waals surface area contributed by atoms with Crippen molar-refractivity contribution in [3.8, 4) is 5.75 Å². The maximum Gasteiger partial charge on any atom is 0.271 e. The molecule has 0 spiro atoms. The number of thioether (sulfide) groups is 2. The standard InChI is InChI=1S/C27H25N3O3S2/c31-25-18-35-27(30(25)15-20-4-2-1-3-5-20)22-10-8-21(9-11-22)26(32)29-28-14-19-6-12-23(13-7-19)33-24-16-34-17-24/h1-14,24,27H,15-18H2,(H,29,32)/b28-14-/t27-/m0/s1. The van der Waals surface area contributed by atoms with Crippen LogP contribution in [0.1, 0.15) is 32.4 Å². The van der Waals surface area contributed by atoms with Crippen LogP contribution in [-0.2, 0) is 11.3 Å². The monoisotopic (exact) mass is 503 g/mol. The minimum absolute atomic E-state index is 0.0622. The molecule has 5 rings (SSSR count). The number of carbonyl (C=O) groups excluding carboxylic acids is 2. The minimum Gasteiger partial charge on any atom is -0.489 e. The van der Waals surface area contributed by atoms with Crippen molar-refractivity contribution in [3.05, 3.63) is 101 Å². The van der Waals surface area contributed by atoms with E-state index in [1.807, 2.05) is 83.4 Å². The Labute approximate surface area is 213 Å². The molecule has 1 atom stereocenters. The Balaban J connectivity index is 1.16. The van der Waals surface area contributed by atoms with Gasteiger partial charge in [0, 0.05) is 23.6 Å². The molecular formula is C27H25N3O3S2. The molecule has 0 radical (unpaired) electrons. The maximum absolute atomic E-state index is 12.5. The maximum atomic E-state index is 12.5. The molecule has 2 aliphatic rings. The average Bonchev–Trinajstić information content (AvgIpc) is 3.23. The molecule has 0 saturated carbocycles. The number of benzene rings is 3. The molecular weight excluding hydrogens is 478 g/mol. The molecule has 0 bridgehead atoms. The zero-order chi connectivity index (χ0) is 24.0. The number of hydrogen-bond acceptors (Lipinski definition) is 6. The number of carbonyl (C=O) groups is 2. The van der Waals surface area contributed by atoms with Gasteiger partial charge >= 0.3 is 0 Å². The van der Waals surface area contributed by atoms with Gasteiger partial charge in [-0.1, -0.05) is 42.5 Å². The van der Waals surface area contributed by atoms with Gasteiger partial charge in [0.05, 0.1) is 12.0 Å². The first-order chi connectivity index (χ1) is 17.2. The van der Waals surface area contributed by atoms with Crippen molar-refractivity contribution < 1.29 is 14.3 Å². The van der Waals surface area contributed by atoms with Crippen LogP contribution in [0.4, 0.5) is 0 Å². The van der Waals surface area contributed by atoms with E-state index < -0.39 is 0 Å². The second-order valence-corrected chi connectivity index (χ2v) is 10.5. The third kappa shape index (κ3) is 5.89. The molecule has 2 fully saturated rings. The number of nitrogens with one attached hydrogen (secondary N) is 1. The van der Waals surface area contributed by atoms with E-state index in [-0.39, 0.29) is 17.2 Å². The third-order valence-electron chi connectivity index (χ3n) is 5.79.